The van der Waals surface area contributed by atoms with Crippen LogP contribution in [-0.4, -0.2) is 40.8 Å². The zero-order chi connectivity index (χ0) is 15.8. The van der Waals surface area contributed by atoms with Crippen LogP contribution in [0.2, 0.25) is 0 Å². The molecule has 0 aliphatic heterocycles. The second-order valence-electron chi connectivity index (χ2n) is 5.92. The average Bonchev–Trinajstić information content (AvgIpc) is 2.45. The lowest BCUT2D eigenvalue weighted by molar-refractivity contribution is 0.288. The summed E-state index contributed by atoms with van der Waals surface area (Å²) in [6.07, 6.45) is 1.81. The van der Waals surface area contributed by atoms with E-state index >= 15 is 0 Å². The molecule has 5 nitrogen and oxygen atoms in total. The van der Waals surface area contributed by atoms with Crippen LogP contribution in [0.4, 0.5) is 11.6 Å². The number of hydrogen-bond acceptors (Lipinski definition) is 5. The molecule has 0 unspecified atom stereocenters. The van der Waals surface area contributed by atoms with E-state index in [1.54, 1.807) is 0 Å². The van der Waals surface area contributed by atoms with Gasteiger partial charge >= 0.3 is 0 Å². The third-order valence-corrected chi connectivity index (χ3v) is 3.28. The molecule has 0 atom stereocenters. The highest BCUT2D eigenvalue weighted by Crippen LogP contribution is 2.22. The smallest absolute Gasteiger partial charge is 0.135 e. The minimum absolute atomic E-state index is 0.201. The Morgan fingerprint density at radius 2 is 1.95 bits per heavy atom. The second-order valence-corrected chi connectivity index (χ2v) is 5.92. The van der Waals surface area contributed by atoms with Gasteiger partial charge in [-0.3, -0.25) is 0 Å². The van der Waals surface area contributed by atoms with Gasteiger partial charge in [0.1, 0.15) is 17.5 Å². The second kappa shape index (κ2) is 8.82. The highest BCUT2D eigenvalue weighted by molar-refractivity contribution is 5.50. The third kappa shape index (κ3) is 5.50. The summed E-state index contributed by atoms with van der Waals surface area (Å²) in [6.45, 7) is 12.6. The van der Waals surface area contributed by atoms with Crippen molar-refractivity contribution in [2.45, 2.75) is 59.4 Å². The van der Waals surface area contributed by atoms with Crippen LogP contribution in [0.5, 0.6) is 0 Å². The largest absolute Gasteiger partial charge is 0.396 e. The first-order valence-electron chi connectivity index (χ1n) is 7.99. The molecule has 21 heavy (non-hydrogen) atoms. The molecule has 0 spiro atoms. The lowest BCUT2D eigenvalue weighted by atomic mass is 10.2. The van der Waals surface area contributed by atoms with E-state index in [1.165, 1.54) is 0 Å². The first-order valence-corrected chi connectivity index (χ1v) is 7.99. The van der Waals surface area contributed by atoms with Gasteiger partial charge in [0, 0.05) is 37.7 Å². The molecule has 0 amide bonds. The third-order valence-electron chi connectivity index (χ3n) is 3.28. The van der Waals surface area contributed by atoms with Crippen molar-refractivity contribution in [3.8, 4) is 0 Å². The van der Waals surface area contributed by atoms with Crippen molar-refractivity contribution in [2.75, 3.05) is 29.9 Å². The maximum absolute atomic E-state index is 9.09. The van der Waals surface area contributed by atoms with E-state index < -0.39 is 0 Å². The molecule has 0 fully saturated rings. The number of rotatable bonds is 9. The molecule has 1 aromatic heterocycles. The van der Waals surface area contributed by atoms with E-state index in [2.05, 4.69) is 49.8 Å². The Labute approximate surface area is 128 Å². The predicted octanol–water partition coefficient (Wildman–Crippen LogP) is 3.02. The van der Waals surface area contributed by atoms with Crippen LogP contribution in [0.1, 0.15) is 59.2 Å². The van der Waals surface area contributed by atoms with E-state index in [9.17, 15) is 0 Å². The van der Waals surface area contributed by atoms with Crippen molar-refractivity contribution >= 4 is 11.6 Å². The minimum Gasteiger partial charge on any atom is -0.396 e. The Morgan fingerprint density at radius 3 is 2.48 bits per heavy atom. The highest BCUT2D eigenvalue weighted by Gasteiger charge is 2.15. The van der Waals surface area contributed by atoms with Crippen molar-refractivity contribution in [3.05, 3.63) is 11.9 Å². The SMILES string of the molecule is CCCNc1cc(N(CCCO)C(C)C)nc(C(C)C)n1. The van der Waals surface area contributed by atoms with Crippen molar-refractivity contribution in [1.29, 1.82) is 0 Å². The monoisotopic (exact) mass is 294 g/mol. The van der Waals surface area contributed by atoms with E-state index in [1.807, 2.05) is 6.07 Å². The van der Waals surface area contributed by atoms with Gasteiger partial charge in [-0.15, -0.1) is 0 Å². The minimum atomic E-state index is 0.201. The molecule has 0 aliphatic carbocycles. The summed E-state index contributed by atoms with van der Waals surface area (Å²) in [7, 11) is 0. The first kappa shape index (κ1) is 17.7. The standard InChI is InChI=1S/C16H30N4O/c1-6-8-17-14-11-15(19-16(18-14)12(2)3)20(13(4)5)9-7-10-21/h11-13,21H,6-10H2,1-5H3,(H,17,18,19). The average molecular weight is 294 g/mol. The van der Waals surface area contributed by atoms with Gasteiger partial charge in [-0.1, -0.05) is 20.8 Å². The van der Waals surface area contributed by atoms with E-state index in [0.717, 1.165) is 43.4 Å². The van der Waals surface area contributed by atoms with Gasteiger partial charge in [0.2, 0.25) is 0 Å². The summed E-state index contributed by atoms with van der Waals surface area (Å²) in [4.78, 5) is 11.5. The molecule has 1 aromatic rings. The van der Waals surface area contributed by atoms with Gasteiger partial charge in [0.15, 0.2) is 0 Å². The van der Waals surface area contributed by atoms with Gasteiger partial charge in [-0.25, -0.2) is 9.97 Å². The number of aliphatic hydroxyl groups is 1. The predicted molar refractivity (Wildman–Crippen MR) is 89.1 cm³/mol. The molecule has 1 rings (SSSR count). The van der Waals surface area contributed by atoms with Crippen LogP contribution in [0, 0.1) is 0 Å². The number of nitrogens with zero attached hydrogens (tertiary/aromatic N) is 3. The van der Waals surface area contributed by atoms with E-state index in [4.69, 9.17) is 10.1 Å². The highest BCUT2D eigenvalue weighted by atomic mass is 16.3. The Balaban J connectivity index is 3.08. The van der Waals surface area contributed by atoms with E-state index in [0.29, 0.717) is 12.0 Å². The molecule has 2 N–H and O–H groups in total. The van der Waals surface area contributed by atoms with Crippen LogP contribution in [-0.2, 0) is 0 Å². The topological polar surface area (TPSA) is 61.3 Å². The van der Waals surface area contributed by atoms with Gasteiger partial charge in [0.05, 0.1) is 0 Å². The van der Waals surface area contributed by atoms with Crippen LogP contribution >= 0.6 is 0 Å². The molecule has 5 heteroatoms. The maximum atomic E-state index is 9.09. The fourth-order valence-electron chi connectivity index (χ4n) is 2.08. The van der Waals surface area contributed by atoms with Crippen LogP contribution < -0.4 is 10.2 Å². The summed E-state index contributed by atoms with van der Waals surface area (Å²) < 4.78 is 0. The summed E-state index contributed by atoms with van der Waals surface area (Å²) in [5.41, 5.74) is 0. The quantitative estimate of drug-likeness (QED) is 0.733. The Morgan fingerprint density at radius 1 is 1.24 bits per heavy atom. The summed E-state index contributed by atoms with van der Waals surface area (Å²) in [5.74, 6) is 2.98. The van der Waals surface area contributed by atoms with Gasteiger partial charge in [-0.2, -0.15) is 0 Å². The van der Waals surface area contributed by atoms with Crippen molar-refractivity contribution in [2.24, 2.45) is 0 Å². The first-order chi connectivity index (χ1) is 9.99. The molecular weight excluding hydrogens is 264 g/mol. The van der Waals surface area contributed by atoms with Gasteiger partial charge in [0.25, 0.3) is 0 Å². The molecule has 0 radical (unpaired) electrons. The molecule has 0 saturated carbocycles. The lowest BCUT2D eigenvalue weighted by Gasteiger charge is -2.28. The Hall–Kier alpha value is -1.36. The number of aromatic nitrogens is 2. The Bertz CT molecular complexity index is 421. The summed E-state index contributed by atoms with van der Waals surface area (Å²) >= 11 is 0. The molecule has 1 heterocycles. The fraction of sp³-hybridized carbons (Fsp3) is 0.750. The van der Waals surface area contributed by atoms with Crippen LogP contribution in [0.15, 0.2) is 6.07 Å². The zero-order valence-electron chi connectivity index (χ0n) is 14.1. The van der Waals surface area contributed by atoms with Crippen molar-refractivity contribution in [1.82, 2.24) is 9.97 Å². The number of anilines is 2. The van der Waals surface area contributed by atoms with Crippen molar-refractivity contribution < 1.29 is 5.11 Å². The van der Waals surface area contributed by atoms with Crippen molar-refractivity contribution in [3.63, 3.8) is 0 Å². The maximum Gasteiger partial charge on any atom is 0.135 e. The fourth-order valence-corrected chi connectivity index (χ4v) is 2.08. The van der Waals surface area contributed by atoms with Gasteiger partial charge < -0.3 is 15.3 Å². The normalized spacial score (nSPS) is 11.2. The van der Waals surface area contributed by atoms with Crippen LogP contribution in [0.3, 0.4) is 0 Å². The molecule has 0 aromatic carbocycles. The zero-order valence-corrected chi connectivity index (χ0v) is 14.1. The molecule has 0 bridgehead atoms. The van der Waals surface area contributed by atoms with Gasteiger partial charge in [-0.05, 0) is 26.7 Å². The number of aliphatic hydroxyl groups excluding tert-OH is 1. The lowest BCUT2D eigenvalue weighted by Crippen LogP contribution is -2.33. The Kier molecular flexibility index (Phi) is 7.43. The van der Waals surface area contributed by atoms with E-state index in [-0.39, 0.29) is 6.61 Å². The number of nitrogens with one attached hydrogen (secondary N) is 1. The summed E-state index contributed by atoms with van der Waals surface area (Å²) in [5, 5.41) is 12.4. The number of hydrogen-bond donors (Lipinski definition) is 2. The van der Waals surface area contributed by atoms with Crippen LogP contribution in [0.25, 0.3) is 0 Å². The molecule has 120 valence electrons. The molecule has 0 saturated heterocycles. The molecular formula is C16H30N4O. The molecule has 0 aliphatic rings. The summed E-state index contributed by atoms with van der Waals surface area (Å²) in [6, 6.07) is 2.35.